The quantitative estimate of drug-likeness (QED) is 0.618. The lowest BCUT2D eigenvalue weighted by molar-refractivity contribution is 0.0438. The summed E-state index contributed by atoms with van der Waals surface area (Å²) in [6.07, 6.45) is 2.44. The number of carbonyl (C=O) groups is 1. The van der Waals surface area contributed by atoms with Crippen molar-refractivity contribution in [3.8, 4) is 11.8 Å². The van der Waals surface area contributed by atoms with Crippen LogP contribution in [0.15, 0.2) is 18.5 Å². The van der Waals surface area contributed by atoms with Crippen LogP contribution in [0.25, 0.3) is 0 Å². The van der Waals surface area contributed by atoms with Crippen LogP contribution in [0.3, 0.4) is 0 Å². The molecule has 108 valence electrons. The number of hydrogen-bond acceptors (Lipinski definition) is 4. The molecule has 0 saturated carbocycles. The summed E-state index contributed by atoms with van der Waals surface area (Å²) in [7, 11) is 0. The number of nitrogens with zero attached hydrogens (tertiary/aromatic N) is 2. The Bertz CT molecular complexity index is 504. The maximum absolute atomic E-state index is 11.9. The van der Waals surface area contributed by atoms with Crippen molar-refractivity contribution >= 4 is 17.6 Å². The van der Waals surface area contributed by atoms with Gasteiger partial charge in [-0.25, -0.2) is 4.79 Å². The molecule has 1 aromatic rings. The largest absolute Gasteiger partial charge is 0.446 e. The second-order valence-corrected chi connectivity index (χ2v) is 4.59. The zero-order valence-corrected chi connectivity index (χ0v) is 12.8. The SMILES string of the molecule is CCN(CC)CC#C[C@H](C)OC(=O)c1ccncc1Cl. The molecule has 0 aliphatic rings. The van der Waals surface area contributed by atoms with E-state index in [0.717, 1.165) is 13.1 Å². The monoisotopic (exact) mass is 294 g/mol. The van der Waals surface area contributed by atoms with Gasteiger partial charge in [0.05, 0.1) is 17.1 Å². The van der Waals surface area contributed by atoms with Crippen LogP contribution in [0, 0.1) is 11.8 Å². The second kappa shape index (κ2) is 8.57. The van der Waals surface area contributed by atoms with Gasteiger partial charge in [0.25, 0.3) is 0 Å². The Morgan fingerprint density at radius 2 is 2.20 bits per heavy atom. The number of pyridine rings is 1. The van der Waals surface area contributed by atoms with E-state index in [-0.39, 0.29) is 5.02 Å². The summed E-state index contributed by atoms with van der Waals surface area (Å²) in [5.74, 6) is 5.44. The summed E-state index contributed by atoms with van der Waals surface area (Å²) in [5, 5.41) is 0.279. The molecule has 5 heteroatoms. The fraction of sp³-hybridized carbons (Fsp3) is 0.467. The molecule has 4 nitrogen and oxygen atoms in total. The summed E-state index contributed by atoms with van der Waals surface area (Å²) in [6, 6.07) is 1.53. The minimum Gasteiger partial charge on any atom is -0.446 e. The van der Waals surface area contributed by atoms with Gasteiger partial charge in [-0.05, 0) is 26.1 Å². The first-order chi connectivity index (χ1) is 9.58. The summed E-state index contributed by atoms with van der Waals surface area (Å²) in [6.45, 7) is 8.48. The van der Waals surface area contributed by atoms with E-state index < -0.39 is 12.1 Å². The highest BCUT2D eigenvalue weighted by molar-refractivity contribution is 6.33. The molecule has 1 atom stereocenters. The first-order valence-electron chi connectivity index (χ1n) is 6.59. The number of ether oxygens (including phenoxy) is 1. The molecular formula is C15H19ClN2O2. The molecule has 0 saturated heterocycles. The molecule has 0 bridgehead atoms. The van der Waals surface area contributed by atoms with Gasteiger partial charge in [0.1, 0.15) is 0 Å². The Kier molecular flexibility index (Phi) is 7.06. The van der Waals surface area contributed by atoms with E-state index in [4.69, 9.17) is 16.3 Å². The van der Waals surface area contributed by atoms with Crippen molar-refractivity contribution in [2.75, 3.05) is 19.6 Å². The van der Waals surface area contributed by atoms with Crippen molar-refractivity contribution < 1.29 is 9.53 Å². The summed E-state index contributed by atoms with van der Waals surface area (Å²) < 4.78 is 5.22. The van der Waals surface area contributed by atoms with Crippen LogP contribution in [-0.4, -0.2) is 41.6 Å². The first kappa shape index (κ1) is 16.5. The van der Waals surface area contributed by atoms with Crippen LogP contribution in [0.1, 0.15) is 31.1 Å². The molecule has 1 heterocycles. The van der Waals surface area contributed by atoms with Gasteiger partial charge in [0, 0.05) is 12.4 Å². The molecule has 0 spiro atoms. The Morgan fingerprint density at radius 1 is 1.50 bits per heavy atom. The van der Waals surface area contributed by atoms with Crippen LogP contribution in [0.4, 0.5) is 0 Å². The van der Waals surface area contributed by atoms with E-state index in [2.05, 4.69) is 35.6 Å². The number of esters is 1. The molecule has 20 heavy (non-hydrogen) atoms. The van der Waals surface area contributed by atoms with Gasteiger partial charge < -0.3 is 4.74 Å². The number of rotatable bonds is 5. The predicted octanol–water partition coefficient (Wildman–Crippen LogP) is 2.63. The zero-order chi connectivity index (χ0) is 15.0. The predicted molar refractivity (Wildman–Crippen MR) is 79.7 cm³/mol. The van der Waals surface area contributed by atoms with Crippen LogP contribution < -0.4 is 0 Å². The van der Waals surface area contributed by atoms with Gasteiger partial charge in [-0.2, -0.15) is 0 Å². The lowest BCUT2D eigenvalue weighted by atomic mass is 10.2. The standard InChI is InChI=1S/C15H19ClN2O2/c1-4-18(5-2)10-6-7-12(3)20-15(19)13-8-9-17-11-14(13)16/h8-9,11-12H,4-5,10H2,1-3H3/t12-/m0/s1. The van der Waals surface area contributed by atoms with E-state index in [0.29, 0.717) is 12.1 Å². The molecule has 0 N–H and O–H groups in total. The maximum Gasteiger partial charge on any atom is 0.340 e. The van der Waals surface area contributed by atoms with Crippen molar-refractivity contribution in [2.24, 2.45) is 0 Å². The van der Waals surface area contributed by atoms with Crippen molar-refractivity contribution in [1.82, 2.24) is 9.88 Å². The van der Waals surface area contributed by atoms with Gasteiger partial charge in [-0.3, -0.25) is 9.88 Å². The minimum atomic E-state index is -0.484. The maximum atomic E-state index is 11.9. The van der Waals surface area contributed by atoms with E-state index in [1.54, 1.807) is 6.92 Å². The normalized spacial score (nSPS) is 11.7. The molecule has 0 aliphatic heterocycles. The number of carbonyl (C=O) groups excluding carboxylic acids is 1. The third-order valence-electron chi connectivity index (χ3n) is 2.78. The molecule has 0 radical (unpaired) electrons. The van der Waals surface area contributed by atoms with E-state index >= 15 is 0 Å². The lowest BCUT2D eigenvalue weighted by Gasteiger charge is -2.13. The van der Waals surface area contributed by atoms with Crippen LogP contribution in [-0.2, 0) is 4.74 Å². The highest BCUT2D eigenvalue weighted by Gasteiger charge is 2.13. The molecular weight excluding hydrogens is 276 g/mol. The third-order valence-corrected chi connectivity index (χ3v) is 3.08. The molecule has 0 aliphatic carbocycles. The Morgan fingerprint density at radius 3 is 2.80 bits per heavy atom. The van der Waals surface area contributed by atoms with Gasteiger partial charge in [0.15, 0.2) is 6.10 Å². The highest BCUT2D eigenvalue weighted by Crippen LogP contribution is 2.15. The minimum absolute atomic E-state index is 0.279. The van der Waals surface area contributed by atoms with Gasteiger partial charge >= 0.3 is 5.97 Å². The fourth-order valence-corrected chi connectivity index (χ4v) is 1.74. The van der Waals surface area contributed by atoms with Gasteiger partial charge in [0.2, 0.25) is 0 Å². The number of hydrogen-bond donors (Lipinski definition) is 0. The highest BCUT2D eigenvalue weighted by atomic mass is 35.5. The van der Waals surface area contributed by atoms with Crippen LogP contribution in [0.5, 0.6) is 0 Å². The molecule has 0 fully saturated rings. The van der Waals surface area contributed by atoms with Gasteiger partial charge in [-0.15, -0.1) is 0 Å². The van der Waals surface area contributed by atoms with Crippen molar-refractivity contribution in [2.45, 2.75) is 26.9 Å². The summed E-state index contributed by atoms with van der Waals surface area (Å²) in [4.78, 5) is 17.9. The smallest absolute Gasteiger partial charge is 0.340 e. The van der Waals surface area contributed by atoms with Gasteiger partial charge in [-0.1, -0.05) is 37.3 Å². The Labute approximate surface area is 125 Å². The average Bonchev–Trinajstić information content (AvgIpc) is 2.44. The van der Waals surface area contributed by atoms with E-state index in [1.165, 1.54) is 18.5 Å². The zero-order valence-electron chi connectivity index (χ0n) is 12.0. The third kappa shape index (κ3) is 5.20. The second-order valence-electron chi connectivity index (χ2n) is 4.19. The number of aromatic nitrogens is 1. The first-order valence-corrected chi connectivity index (χ1v) is 6.97. The topological polar surface area (TPSA) is 42.4 Å². The number of halogens is 1. The summed E-state index contributed by atoms with van der Waals surface area (Å²) in [5.41, 5.74) is 0.305. The summed E-state index contributed by atoms with van der Waals surface area (Å²) >= 11 is 5.88. The average molecular weight is 295 g/mol. The molecule has 1 aromatic heterocycles. The molecule has 1 rings (SSSR count). The van der Waals surface area contributed by atoms with Crippen molar-refractivity contribution in [3.63, 3.8) is 0 Å². The Balaban J connectivity index is 2.55. The Hall–Kier alpha value is -1.57. The molecule has 0 aromatic carbocycles. The fourth-order valence-electron chi connectivity index (χ4n) is 1.54. The van der Waals surface area contributed by atoms with E-state index in [1.807, 2.05) is 0 Å². The molecule has 0 unspecified atom stereocenters. The molecule has 0 amide bonds. The van der Waals surface area contributed by atoms with Crippen LogP contribution in [0.2, 0.25) is 5.02 Å². The van der Waals surface area contributed by atoms with Crippen molar-refractivity contribution in [3.05, 3.63) is 29.0 Å². The lowest BCUT2D eigenvalue weighted by Crippen LogP contribution is -2.23. The van der Waals surface area contributed by atoms with Crippen molar-refractivity contribution in [1.29, 1.82) is 0 Å². The van der Waals surface area contributed by atoms with Crippen LogP contribution >= 0.6 is 11.6 Å². The van der Waals surface area contributed by atoms with E-state index in [9.17, 15) is 4.79 Å².